The molecule has 0 unspecified atom stereocenters. The van der Waals surface area contributed by atoms with Crippen LogP contribution in [0.3, 0.4) is 0 Å². The van der Waals surface area contributed by atoms with Crippen molar-refractivity contribution in [3.05, 3.63) is 89.0 Å². The van der Waals surface area contributed by atoms with E-state index in [0.29, 0.717) is 11.3 Å². The molecule has 7 nitrogen and oxygen atoms in total. The summed E-state index contributed by atoms with van der Waals surface area (Å²) in [5.41, 5.74) is 5.52. The fourth-order valence-electron chi connectivity index (χ4n) is 4.45. The molecule has 1 aliphatic rings. The van der Waals surface area contributed by atoms with Crippen molar-refractivity contribution in [3.63, 3.8) is 0 Å². The number of nitrogens with one attached hydrogen (secondary N) is 2. The fourth-order valence-corrected chi connectivity index (χ4v) is 4.45. The molecular weight excluding hydrogens is 444 g/mol. The van der Waals surface area contributed by atoms with Crippen LogP contribution in [-0.2, 0) is 9.53 Å². The highest BCUT2D eigenvalue weighted by Gasteiger charge is 2.30. The molecule has 1 aliphatic carbocycles. The van der Waals surface area contributed by atoms with Crippen molar-refractivity contribution in [3.8, 4) is 11.1 Å². The van der Waals surface area contributed by atoms with Crippen LogP contribution in [0.15, 0.2) is 66.7 Å². The Morgan fingerprint density at radius 3 is 2.11 bits per heavy atom. The number of hydrogen-bond acceptors (Lipinski definition) is 4. The van der Waals surface area contributed by atoms with Crippen LogP contribution in [0.2, 0.25) is 0 Å². The number of carbonyl (C=O) groups excluding carboxylic acids is 2. The molecule has 3 aromatic rings. The molecule has 0 aliphatic heterocycles. The van der Waals surface area contributed by atoms with Crippen molar-refractivity contribution in [1.29, 1.82) is 0 Å². The van der Waals surface area contributed by atoms with Gasteiger partial charge in [0.05, 0.1) is 5.56 Å². The van der Waals surface area contributed by atoms with Gasteiger partial charge < -0.3 is 20.5 Å². The maximum absolute atomic E-state index is 12.9. The van der Waals surface area contributed by atoms with Gasteiger partial charge in [0.25, 0.3) is 0 Å². The van der Waals surface area contributed by atoms with E-state index in [1.807, 2.05) is 50.2 Å². The first-order valence-corrected chi connectivity index (χ1v) is 11.5. The molecule has 2 amide bonds. The largest absolute Gasteiger partial charge is 0.478 e. The second-order valence-corrected chi connectivity index (χ2v) is 9.02. The number of anilines is 1. The van der Waals surface area contributed by atoms with Crippen molar-refractivity contribution in [2.24, 2.45) is 5.92 Å². The smallest absolute Gasteiger partial charge is 0.407 e. The van der Waals surface area contributed by atoms with Crippen LogP contribution in [0, 0.1) is 12.8 Å². The number of hydrogen-bond donors (Lipinski definition) is 3. The molecule has 3 aromatic carbocycles. The summed E-state index contributed by atoms with van der Waals surface area (Å²) in [6.07, 6.45) is -0.684. The Bertz CT molecular complexity index is 1240. The zero-order valence-electron chi connectivity index (χ0n) is 19.9. The maximum Gasteiger partial charge on any atom is 0.407 e. The average Bonchev–Trinajstić information content (AvgIpc) is 3.15. The molecular formula is C28H28N2O5. The molecule has 0 saturated heterocycles. The number of carboxylic acids is 1. The van der Waals surface area contributed by atoms with Gasteiger partial charge >= 0.3 is 12.1 Å². The number of fused-ring (bicyclic) bond motifs is 3. The Labute approximate surface area is 204 Å². The lowest BCUT2D eigenvalue weighted by Gasteiger charge is -2.22. The van der Waals surface area contributed by atoms with E-state index < -0.39 is 24.0 Å². The Morgan fingerprint density at radius 2 is 1.54 bits per heavy atom. The average molecular weight is 473 g/mol. The van der Waals surface area contributed by atoms with E-state index in [4.69, 9.17) is 4.74 Å². The summed E-state index contributed by atoms with van der Waals surface area (Å²) in [5.74, 6) is -1.83. The first-order chi connectivity index (χ1) is 16.8. The molecule has 3 N–H and O–H groups in total. The van der Waals surface area contributed by atoms with E-state index in [1.54, 1.807) is 19.1 Å². The van der Waals surface area contributed by atoms with Gasteiger partial charge in [-0.15, -0.1) is 0 Å². The highest BCUT2D eigenvalue weighted by atomic mass is 16.5. The van der Waals surface area contributed by atoms with Crippen molar-refractivity contribution < 1.29 is 24.2 Å². The van der Waals surface area contributed by atoms with Gasteiger partial charge in [-0.2, -0.15) is 0 Å². The Hall–Kier alpha value is -4.13. The van der Waals surface area contributed by atoms with Gasteiger partial charge in [-0.3, -0.25) is 4.79 Å². The SMILES string of the molecule is Cc1ccc(NC(=O)[C@H](NC(=O)OCC2c3ccccc3-c3ccccc32)C(C)C)cc1C(=O)O. The topological polar surface area (TPSA) is 105 Å². The van der Waals surface area contributed by atoms with Gasteiger partial charge in [-0.25, -0.2) is 9.59 Å². The van der Waals surface area contributed by atoms with Crippen molar-refractivity contribution >= 4 is 23.7 Å². The van der Waals surface area contributed by atoms with Crippen molar-refractivity contribution in [1.82, 2.24) is 5.32 Å². The predicted molar refractivity (Wildman–Crippen MR) is 134 cm³/mol. The van der Waals surface area contributed by atoms with Crippen molar-refractivity contribution in [2.45, 2.75) is 32.7 Å². The third-order valence-electron chi connectivity index (χ3n) is 6.30. The summed E-state index contributed by atoms with van der Waals surface area (Å²) in [5, 5.41) is 14.7. The van der Waals surface area contributed by atoms with Gasteiger partial charge in [-0.05, 0) is 52.8 Å². The third kappa shape index (κ3) is 5.04. The molecule has 0 bridgehead atoms. The van der Waals surface area contributed by atoms with Gasteiger partial charge in [0, 0.05) is 11.6 Å². The normalized spacial score (nSPS) is 13.0. The quantitative estimate of drug-likeness (QED) is 0.439. The number of amides is 2. The molecule has 35 heavy (non-hydrogen) atoms. The molecule has 7 heteroatoms. The molecule has 180 valence electrons. The number of ether oxygens (including phenoxy) is 1. The summed E-state index contributed by atoms with van der Waals surface area (Å²) in [4.78, 5) is 37.0. The number of aromatic carboxylic acids is 1. The first-order valence-electron chi connectivity index (χ1n) is 11.5. The van der Waals surface area contributed by atoms with E-state index in [2.05, 4.69) is 22.8 Å². The molecule has 0 radical (unpaired) electrons. The molecule has 0 aromatic heterocycles. The molecule has 0 spiro atoms. The number of benzene rings is 3. The maximum atomic E-state index is 12.9. The van der Waals surface area contributed by atoms with Crippen LogP contribution in [0.25, 0.3) is 11.1 Å². The highest BCUT2D eigenvalue weighted by molar-refractivity contribution is 5.98. The monoisotopic (exact) mass is 472 g/mol. The molecule has 4 rings (SSSR count). The van der Waals surface area contributed by atoms with Gasteiger partial charge in [0.15, 0.2) is 0 Å². The number of carboxylic acid groups (broad SMARTS) is 1. The van der Waals surface area contributed by atoms with Crippen LogP contribution < -0.4 is 10.6 Å². The lowest BCUT2D eigenvalue weighted by molar-refractivity contribution is -0.119. The highest BCUT2D eigenvalue weighted by Crippen LogP contribution is 2.44. The van der Waals surface area contributed by atoms with Crippen LogP contribution >= 0.6 is 0 Å². The van der Waals surface area contributed by atoms with Crippen LogP contribution in [0.1, 0.15) is 46.8 Å². The second-order valence-electron chi connectivity index (χ2n) is 9.02. The lowest BCUT2D eigenvalue weighted by Crippen LogP contribution is -2.47. The zero-order valence-corrected chi connectivity index (χ0v) is 19.9. The Balaban J connectivity index is 1.42. The van der Waals surface area contributed by atoms with Crippen LogP contribution in [-0.4, -0.2) is 35.7 Å². The van der Waals surface area contributed by atoms with Gasteiger partial charge in [0.2, 0.25) is 5.91 Å². The first kappa shape index (κ1) is 24.0. The number of rotatable bonds is 7. The minimum atomic E-state index is -1.07. The Morgan fingerprint density at radius 1 is 0.943 bits per heavy atom. The van der Waals surface area contributed by atoms with E-state index in [9.17, 15) is 19.5 Å². The Kier molecular flexibility index (Phi) is 6.87. The van der Waals surface area contributed by atoms with E-state index in [0.717, 1.165) is 22.3 Å². The number of aryl methyl sites for hydroxylation is 1. The summed E-state index contributed by atoms with van der Waals surface area (Å²) in [6, 6.07) is 19.9. The minimum Gasteiger partial charge on any atom is -0.478 e. The number of alkyl carbamates (subject to hydrolysis) is 1. The van der Waals surface area contributed by atoms with E-state index in [1.165, 1.54) is 6.07 Å². The van der Waals surface area contributed by atoms with Crippen LogP contribution in [0.5, 0.6) is 0 Å². The molecule has 0 heterocycles. The summed E-state index contributed by atoms with van der Waals surface area (Å²) in [6.45, 7) is 5.45. The standard InChI is InChI=1S/C28H28N2O5/c1-16(2)25(26(31)29-18-13-12-17(3)23(14-18)27(32)33)30-28(34)35-15-24-21-10-6-4-8-19(21)20-9-5-7-11-22(20)24/h4-14,16,24-25H,15H2,1-3H3,(H,29,31)(H,30,34)(H,32,33)/t25-/m1/s1. The second kappa shape index (κ2) is 10.0. The summed E-state index contributed by atoms with van der Waals surface area (Å²) >= 11 is 0. The lowest BCUT2D eigenvalue weighted by atomic mass is 9.98. The predicted octanol–water partition coefficient (Wildman–Crippen LogP) is 5.20. The molecule has 1 atom stereocenters. The van der Waals surface area contributed by atoms with Gasteiger partial charge in [0.1, 0.15) is 12.6 Å². The zero-order chi connectivity index (χ0) is 25.1. The molecule has 0 saturated carbocycles. The van der Waals surface area contributed by atoms with E-state index in [-0.39, 0.29) is 24.0 Å². The number of carbonyl (C=O) groups is 3. The van der Waals surface area contributed by atoms with Crippen LogP contribution in [0.4, 0.5) is 10.5 Å². The third-order valence-corrected chi connectivity index (χ3v) is 6.30. The molecule has 0 fully saturated rings. The minimum absolute atomic E-state index is 0.0820. The van der Waals surface area contributed by atoms with Crippen molar-refractivity contribution in [2.75, 3.05) is 11.9 Å². The van der Waals surface area contributed by atoms with Gasteiger partial charge in [-0.1, -0.05) is 68.4 Å². The summed E-state index contributed by atoms with van der Waals surface area (Å²) < 4.78 is 5.58. The fraction of sp³-hybridized carbons (Fsp3) is 0.250. The summed E-state index contributed by atoms with van der Waals surface area (Å²) in [7, 11) is 0. The van der Waals surface area contributed by atoms with E-state index >= 15 is 0 Å².